The highest BCUT2D eigenvalue weighted by molar-refractivity contribution is 6.37. The van der Waals surface area contributed by atoms with Gasteiger partial charge in [0.05, 0.1) is 28.0 Å². The predicted molar refractivity (Wildman–Crippen MR) is 153 cm³/mol. The van der Waals surface area contributed by atoms with Crippen molar-refractivity contribution in [2.45, 2.75) is 13.3 Å². The van der Waals surface area contributed by atoms with E-state index in [0.717, 1.165) is 35.4 Å². The summed E-state index contributed by atoms with van der Waals surface area (Å²) in [5.74, 6) is -0.791. The number of amides is 2. The molecule has 39 heavy (non-hydrogen) atoms. The fourth-order valence-corrected chi connectivity index (χ4v) is 4.67. The number of benzene rings is 3. The fraction of sp³-hybridized carbons (Fsp3) is 0.200. The fourth-order valence-electron chi connectivity index (χ4n) is 4.67. The number of nitrogens with zero attached hydrogens (tertiary/aromatic N) is 4. The zero-order chi connectivity index (χ0) is 27.5. The maximum Gasteiger partial charge on any atom is 0.258 e. The Morgan fingerprint density at radius 2 is 1.69 bits per heavy atom. The van der Waals surface area contributed by atoms with Crippen LogP contribution in [-0.2, 0) is 9.59 Å². The first-order chi connectivity index (χ1) is 18.8. The Bertz CT molecular complexity index is 1580. The van der Waals surface area contributed by atoms with Gasteiger partial charge in [-0.25, -0.2) is 4.39 Å². The molecule has 198 valence electrons. The van der Waals surface area contributed by atoms with Crippen molar-refractivity contribution in [1.29, 1.82) is 0 Å². The first kappa shape index (κ1) is 26.0. The van der Waals surface area contributed by atoms with E-state index in [1.54, 1.807) is 30.3 Å². The van der Waals surface area contributed by atoms with Crippen LogP contribution in [0.3, 0.4) is 0 Å². The van der Waals surface area contributed by atoms with Gasteiger partial charge in [0.1, 0.15) is 5.82 Å². The van der Waals surface area contributed by atoms with Gasteiger partial charge in [-0.05, 0) is 81.7 Å². The number of carbonyl (C=O) groups is 2. The molecule has 9 heteroatoms. The third kappa shape index (κ3) is 5.63. The first-order valence-corrected chi connectivity index (χ1v) is 12.7. The van der Waals surface area contributed by atoms with Gasteiger partial charge in [-0.3, -0.25) is 19.6 Å². The number of hydrogen-bond acceptors (Lipinski definition) is 6. The summed E-state index contributed by atoms with van der Waals surface area (Å²) in [6.07, 6.45) is 4.09. The molecular formula is C30H29FN6O2. The van der Waals surface area contributed by atoms with Crippen LogP contribution in [0, 0.1) is 5.82 Å². The molecular weight excluding hydrogens is 495 g/mol. The highest BCUT2D eigenvalue weighted by Crippen LogP contribution is 2.38. The lowest BCUT2D eigenvalue weighted by Gasteiger charge is -2.23. The zero-order valence-corrected chi connectivity index (χ0v) is 22.0. The number of hydrogen-bond donors (Lipinski definition) is 2. The number of carbonyl (C=O) groups excluding carboxylic acids is 2. The van der Waals surface area contributed by atoms with Crippen LogP contribution in [0.25, 0.3) is 22.3 Å². The Hall–Kier alpha value is -4.63. The van der Waals surface area contributed by atoms with Crippen molar-refractivity contribution in [3.05, 3.63) is 90.0 Å². The SMILES string of the molecule is CC(=O)N(CCCN(C)C)c1ccc(NC(=C2C(=O)Nc3cc(F)ccc32)c2ccc3nccnc3c2)cc1. The maximum absolute atomic E-state index is 13.9. The molecule has 8 nitrogen and oxygen atoms in total. The molecule has 2 heterocycles. The minimum absolute atomic E-state index is 0.0268. The number of rotatable bonds is 8. The van der Waals surface area contributed by atoms with Crippen molar-refractivity contribution in [3.8, 4) is 0 Å². The molecule has 0 atom stereocenters. The summed E-state index contributed by atoms with van der Waals surface area (Å²) < 4.78 is 13.9. The van der Waals surface area contributed by atoms with E-state index in [-0.39, 0.29) is 11.8 Å². The summed E-state index contributed by atoms with van der Waals surface area (Å²) in [6.45, 7) is 3.05. The van der Waals surface area contributed by atoms with Gasteiger partial charge in [-0.2, -0.15) is 0 Å². The average molecular weight is 525 g/mol. The predicted octanol–water partition coefficient (Wildman–Crippen LogP) is 5.01. The lowest BCUT2D eigenvalue weighted by Crippen LogP contribution is -2.31. The van der Waals surface area contributed by atoms with Crippen molar-refractivity contribution in [1.82, 2.24) is 14.9 Å². The molecule has 1 aliphatic heterocycles. The van der Waals surface area contributed by atoms with Gasteiger partial charge in [0.25, 0.3) is 5.91 Å². The largest absolute Gasteiger partial charge is 0.354 e. The van der Waals surface area contributed by atoms with Crippen LogP contribution in [-0.4, -0.2) is 53.9 Å². The molecule has 5 rings (SSSR count). The molecule has 4 aromatic rings. The number of nitrogens with one attached hydrogen (secondary N) is 2. The number of halogens is 1. The van der Waals surface area contributed by atoms with E-state index >= 15 is 0 Å². The molecule has 2 N–H and O–H groups in total. The van der Waals surface area contributed by atoms with Gasteiger partial charge >= 0.3 is 0 Å². The quantitative estimate of drug-likeness (QED) is 0.315. The standard InChI is InChI=1S/C30H29FN6O2/c1-19(38)37(16-4-15-36(2)3)23-9-7-22(8-10-23)34-29(20-5-12-25-27(17-20)33-14-13-32-25)28-24-11-6-21(31)18-26(24)35-30(28)39/h5-14,17-18,34H,4,15-16H2,1-3H3,(H,35,39). The maximum atomic E-state index is 13.9. The summed E-state index contributed by atoms with van der Waals surface area (Å²) in [5, 5.41) is 6.18. The molecule has 1 aliphatic rings. The Kier molecular flexibility index (Phi) is 7.33. The second kappa shape index (κ2) is 11.0. The lowest BCUT2D eigenvalue weighted by molar-refractivity contribution is -0.116. The molecule has 0 fully saturated rings. The van der Waals surface area contributed by atoms with Crippen LogP contribution in [0.1, 0.15) is 24.5 Å². The summed E-state index contributed by atoms with van der Waals surface area (Å²) in [7, 11) is 4.01. The van der Waals surface area contributed by atoms with Crippen LogP contribution in [0.15, 0.2) is 73.1 Å². The van der Waals surface area contributed by atoms with Gasteiger partial charge in [0, 0.05) is 48.4 Å². The van der Waals surface area contributed by atoms with E-state index in [1.165, 1.54) is 12.1 Å². The summed E-state index contributed by atoms with van der Waals surface area (Å²) in [5.41, 5.74) is 5.61. The van der Waals surface area contributed by atoms with E-state index < -0.39 is 5.82 Å². The molecule has 0 bridgehead atoms. The van der Waals surface area contributed by atoms with Crippen LogP contribution in [0.2, 0.25) is 0 Å². The Labute approximate surface area is 226 Å². The third-order valence-corrected chi connectivity index (χ3v) is 6.55. The van der Waals surface area contributed by atoms with Crippen molar-refractivity contribution in [3.63, 3.8) is 0 Å². The number of aromatic nitrogens is 2. The van der Waals surface area contributed by atoms with Crippen molar-refractivity contribution >= 4 is 51.2 Å². The van der Waals surface area contributed by atoms with E-state index in [4.69, 9.17) is 0 Å². The molecule has 1 aromatic heterocycles. The molecule has 0 unspecified atom stereocenters. The van der Waals surface area contributed by atoms with Crippen molar-refractivity contribution < 1.29 is 14.0 Å². The van der Waals surface area contributed by atoms with E-state index in [1.807, 2.05) is 56.6 Å². The highest BCUT2D eigenvalue weighted by Gasteiger charge is 2.29. The topological polar surface area (TPSA) is 90.5 Å². The second-order valence-corrected chi connectivity index (χ2v) is 9.65. The lowest BCUT2D eigenvalue weighted by atomic mass is 9.99. The van der Waals surface area contributed by atoms with Crippen LogP contribution >= 0.6 is 0 Å². The van der Waals surface area contributed by atoms with Crippen LogP contribution in [0.5, 0.6) is 0 Å². The Morgan fingerprint density at radius 3 is 2.41 bits per heavy atom. The van der Waals surface area contributed by atoms with Crippen molar-refractivity contribution in [2.75, 3.05) is 42.7 Å². The van der Waals surface area contributed by atoms with Gasteiger partial charge < -0.3 is 20.4 Å². The molecule has 0 spiro atoms. The molecule has 0 saturated heterocycles. The molecule has 0 radical (unpaired) electrons. The summed E-state index contributed by atoms with van der Waals surface area (Å²) >= 11 is 0. The van der Waals surface area contributed by atoms with Crippen LogP contribution in [0.4, 0.5) is 21.5 Å². The minimum atomic E-state index is -0.429. The van der Waals surface area contributed by atoms with Gasteiger partial charge in [0.15, 0.2) is 0 Å². The van der Waals surface area contributed by atoms with E-state index in [2.05, 4.69) is 25.5 Å². The highest BCUT2D eigenvalue weighted by atomic mass is 19.1. The van der Waals surface area contributed by atoms with Gasteiger partial charge in [0.2, 0.25) is 5.91 Å². The smallest absolute Gasteiger partial charge is 0.258 e. The Balaban J connectivity index is 1.53. The molecule has 0 aliphatic carbocycles. The second-order valence-electron chi connectivity index (χ2n) is 9.65. The molecule has 0 saturated carbocycles. The minimum Gasteiger partial charge on any atom is -0.354 e. The van der Waals surface area contributed by atoms with Gasteiger partial charge in [-0.1, -0.05) is 6.07 Å². The third-order valence-electron chi connectivity index (χ3n) is 6.55. The van der Waals surface area contributed by atoms with Crippen LogP contribution < -0.4 is 15.5 Å². The normalized spacial score (nSPS) is 13.8. The van der Waals surface area contributed by atoms with Crippen molar-refractivity contribution in [2.24, 2.45) is 0 Å². The Morgan fingerprint density at radius 1 is 0.949 bits per heavy atom. The average Bonchev–Trinajstić information content (AvgIpc) is 3.24. The van der Waals surface area contributed by atoms with E-state index in [0.29, 0.717) is 34.6 Å². The summed E-state index contributed by atoms with van der Waals surface area (Å²) in [6, 6.07) is 17.3. The number of anilines is 3. The number of fused-ring (bicyclic) bond motifs is 2. The molecule has 3 aromatic carbocycles. The summed E-state index contributed by atoms with van der Waals surface area (Å²) in [4.78, 5) is 38.1. The molecule has 2 amide bonds. The van der Waals surface area contributed by atoms with E-state index in [9.17, 15) is 14.0 Å². The zero-order valence-electron chi connectivity index (χ0n) is 22.0. The first-order valence-electron chi connectivity index (χ1n) is 12.7. The monoisotopic (exact) mass is 524 g/mol. The van der Waals surface area contributed by atoms with Gasteiger partial charge in [-0.15, -0.1) is 0 Å².